The molecular weight excluding hydrogens is 284 g/mol. The summed E-state index contributed by atoms with van der Waals surface area (Å²) in [6.45, 7) is 7.15. The monoisotopic (exact) mass is 304 g/mol. The number of carbonyl (C=O) groups is 1. The highest BCUT2D eigenvalue weighted by Crippen LogP contribution is 2.32. The third-order valence-electron chi connectivity index (χ3n) is 3.75. The number of rotatable bonds is 4. The SMILES string of the molecule is CCOC(=O)c1sc2ccccc2c1CN1CCNCC1. The average molecular weight is 304 g/mol. The predicted octanol–water partition coefficient (Wildman–Crippen LogP) is 2.48. The lowest BCUT2D eigenvalue weighted by Gasteiger charge is -2.27. The Balaban J connectivity index is 1.96. The minimum Gasteiger partial charge on any atom is -0.462 e. The lowest BCUT2D eigenvalue weighted by Crippen LogP contribution is -2.43. The lowest BCUT2D eigenvalue weighted by molar-refractivity contribution is 0.0530. The number of nitrogens with one attached hydrogen (secondary N) is 1. The molecule has 1 fully saturated rings. The van der Waals surface area contributed by atoms with Crippen LogP contribution in [-0.4, -0.2) is 43.7 Å². The number of piperazine rings is 1. The number of hydrogen-bond acceptors (Lipinski definition) is 5. The summed E-state index contributed by atoms with van der Waals surface area (Å²) < 4.78 is 6.39. The van der Waals surface area contributed by atoms with Crippen LogP contribution in [0.1, 0.15) is 22.2 Å². The van der Waals surface area contributed by atoms with Crippen molar-refractivity contribution in [2.24, 2.45) is 0 Å². The van der Waals surface area contributed by atoms with Crippen molar-refractivity contribution in [3.63, 3.8) is 0 Å². The molecule has 2 aromatic rings. The van der Waals surface area contributed by atoms with Crippen molar-refractivity contribution in [1.82, 2.24) is 10.2 Å². The van der Waals surface area contributed by atoms with Crippen LogP contribution in [0.4, 0.5) is 0 Å². The van der Waals surface area contributed by atoms with Crippen LogP contribution in [0, 0.1) is 0 Å². The number of thiophene rings is 1. The maximum atomic E-state index is 12.2. The molecule has 21 heavy (non-hydrogen) atoms. The average Bonchev–Trinajstić information content (AvgIpc) is 2.88. The van der Waals surface area contributed by atoms with Crippen molar-refractivity contribution in [2.45, 2.75) is 13.5 Å². The highest BCUT2D eigenvalue weighted by Gasteiger charge is 2.21. The molecule has 1 aromatic carbocycles. The van der Waals surface area contributed by atoms with E-state index in [-0.39, 0.29) is 5.97 Å². The van der Waals surface area contributed by atoms with Gasteiger partial charge in [-0.3, -0.25) is 4.90 Å². The Kier molecular flexibility index (Phi) is 4.53. The second kappa shape index (κ2) is 6.56. The Labute approximate surface area is 128 Å². The largest absolute Gasteiger partial charge is 0.462 e. The molecule has 3 rings (SSSR count). The third-order valence-corrected chi connectivity index (χ3v) is 4.94. The zero-order chi connectivity index (χ0) is 14.7. The molecule has 1 aliphatic rings. The molecule has 5 heteroatoms. The van der Waals surface area contributed by atoms with Gasteiger partial charge in [0.15, 0.2) is 0 Å². The van der Waals surface area contributed by atoms with E-state index < -0.39 is 0 Å². The second-order valence-electron chi connectivity index (χ2n) is 5.15. The topological polar surface area (TPSA) is 41.6 Å². The molecule has 1 N–H and O–H groups in total. The van der Waals surface area contributed by atoms with Gasteiger partial charge in [0.05, 0.1) is 6.61 Å². The van der Waals surface area contributed by atoms with Gasteiger partial charge in [-0.15, -0.1) is 11.3 Å². The van der Waals surface area contributed by atoms with Gasteiger partial charge in [-0.1, -0.05) is 18.2 Å². The van der Waals surface area contributed by atoms with Gasteiger partial charge in [-0.25, -0.2) is 4.79 Å². The van der Waals surface area contributed by atoms with Gasteiger partial charge < -0.3 is 10.1 Å². The van der Waals surface area contributed by atoms with Crippen molar-refractivity contribution in [3.05, 3.63) is 34.7 Å². The molecule has 0 atom stereocenters. The minimum absolute atomic E-state index is 0.191. The first-order valence-corrected chi connectivity index (χ1v) is 8.22. The molecule has 1 aromatic heterocycles. The van der Waals surface area contributed by atoms with Gasteiger partial charge in [0.2, 0.25) is 0 Å². The molecule has 0 aliphatic carbocycles. The Hall–Kier alpha value is -1.43. The first kappa shape index (κ1) is 14.5. The number of benzene rings is 1. The van der Waals surface area contributed by atoms with E-state index in [0.29, 0.717) is 6.61 Å². The number of esters is 1. The van der Waals surface area contributed by atoms with Gasteiger partial charge >= 0.3 is 5.97 Å². The quantitative estimate of drug-likeness (QED) is 0.881. The predicted molar refractivity (Wildman–Crippen MR) is 85.9 cm³/mol. The first-order chi connectivity index (χ1) is 10.3. The zero-order valence-corrected chi connectivity index (χ0v) is 13.0. The van der Waals surface area contributed by atoms with Crippen LogP contribution in [0.25, 0.3) is 10.1 Å². The fourth-order valence-electron chi connectivity index (χ4n) is 2.71. The van der Waals surface area contributed by atoms with Crippen molar-refractivity contribution >= 4 is 27.4 Å². The van der Waals surface area contributed by atoms with E-state index in [1.165, 1.54) is 5.39 Å². The Bertz CT molecular complexity index is 632. The molecule has 0 amide bonds. The van der Waals surface area contributed by atoms with Gasteiger partial charge in [0.25, 0.3) is 0 Å². The van der Waals surface area contributed by atoms with Crippen molar-refractivity contribution in [3.8, 4) is 0 Å². The second-order valence-corrected chi connectivity index (χ2v) is 6.20. The van der Waals surface area contributed by atoms with Gasteiger partial charge in [-0.2, -0.15) is 0 Å². The van der Waals surface area contributed by atoms with Crippen molar-refractivity contribution in [2.75, 3.05) is 32.8 Å². The van der Waals surface area contributed by atoms with Crippen LogP contribution in [0.15, 0.2) is 24.3 Å². The summed E-state index contributed by atoms with van der Waals surface area (Å²) in [5.41, 5.74) is 1.12. The Morgan fingerprint density at radius 2 is 2.10 bits per heavy atom. The molecule has 0 bridgehead atoms. The highest BCUT2D eigenvalue weighted by atomic mass is 32.1. The zero-order valence-electron chi connectivity index (χ0n) is 12.2. The summed E-state index contributed by atoms with van der Waals surface area (Å²) in [7, 11) is 0. The van der Waals surface area contributed by atoms with E-state index in [1.807, 2.05) is 19.1 Å². The van der Waals surface area contributed by atoms with Gasteiger partial charge in [0, 0.05) is 37.4 Å². The number of carbonyl (C=O) groups excluding carboxylic acids is 1. The van der Waals surface area contributed by atoms with Gasteiger partial charge in [-0.05, 0) is 23.9 Å². The number of nitrogens with zero attached hydrogens (tertiary/aromatic N) is 1. The summed E-state index contributed by atoms with van der Waals surface area (Å²) in [5.74, 6) is -0.191. The molecule has 0 unspecified atom stereocenters. The molecule has 0 radical (unpaired) electrons. The molecule has 2 heterocycles. The Morgan fingerprint density at radius 1 is 1.33 bits per heavy atom. The lowest BCUT2D eigenvalue weighted by atomic mass is 10.1. The number of ether oxygens (including phenoxy) is 1. The van der Waals surface area contributed by atoms with Crippen molar-refractivity contribution < 1.29 is 9.53 Å². The molecule has 4 nitrogen and oxygen atoms in total. The molecule has 1 aliphatic heterocycles. The van der Waals surface area contributed by atoms with Crippen LogP contribution in [0.3, 0.4) is 0 Å². The summed E-state index contributed by atoms with van der Waals surface area (Å²) >= 11 is 1.54. The van der Waals surface area contributed by atoms with Gasteiger partial charge in [0.1, 0.15) is 4.88 Å². The van der Waals surface area contributed by atoms with Crippen LogP contribution in [-0.2, 0) is 11.3 Å². The van der Waals surface area contributed by atoms with E-state index in [9.17, 15) is 4.79 Å². The minimum atomic E-state index is -0.191. The highest BCUT2D eigenvalue weighted by molar-refractivity contribution is 7.21. The standard InChI is InChI=1S/C16H20N2O2S/c1-2-20-16(19)15-13(11-18-9-7-17-8-10-18)12-5-3-4-6-14(12)21-15/h3-6,17H,2,7-11H2,1H3. The maximum Gasteiger partial charge on any atom is 0.348 e. The number of hydrogen-bond donors (Lipinski definition) is 1. The van der Waals surface area contributed by atoms with E-state index in [2.05, 4.69) is 22.3 Å². The molecule has 1 saturated heterocycles. The summed E-state index contributed by atoms with van der Waals surface area (Å²) in [5, 5.41) is 4.54. The van der Waals surface area contributed by atoms with Crippen LogP contribution in [0.5, 0.6) is 0 Å². The van der Waals surface area contributed by atoms with E-state index in [0.717, 1.165) is 47.9 Å². The van der Waals surface area contributed by atoms with E-state index in [1.54, 1.807) is 11.3 Å². The van der Waals surface area contributed by atoms with Crippen molar-refractivity contribution in [1.29, 1.82) is 0 Å². The molecular formula is C16H20N2O2S. The Morgan fingerprint density at radius 3 is 2.86 bits per heavy atom. The smallest absolute Gasteiger partial charge is 0.348 e. The normalized spacial score (nSPS) is 16.2. The van der Waals surface area contributed by atoms with Crippen LogP contribution in [0.2, 0.25) is 0 Å². The first-order valence-electron chi connectivity index (χ1n) is 7.40. The molecule has 0 saturated carbocycles. The van der Waals surface area contributed by atoms with E-state index in [4.69, 9.17) is 4.74 Å². The van der Waals surface area contributed by atoms with E-state index >= 15 is 0 Å². The summed E-state index contributed by atoms with van der Waals surface area (Å²) in [6.07, 6.45) is 0. The fraction of sp³-hybridized carbons (Fsp3) is 0.438. The number of fused-ring (bicyclic) bond motifs is 1. The molecule has 112 valence electrons. The molecule has 0 spiro atoms. The maximum absolute atomic E-state index is 12.2. The fourth-order valence-corrected chi connectivity index (χ4v) is 3.82. The van der Waals surface area contributed by atoms with Crippen LogP contribution >= 0.6 is 11.3 Å². The summed E-state index contributed by atoms with van der Waals surface area (Å²) in [4.78, 5) is 15.4. The third kappa shape index (κ3) is 3.10. The summed E-state index contributed by atoms with van der Waals surface area (Å²) in [6, 6.07) is 8.23. The van der Waals surface area contributed by atoms with Crippen LogP contribution < -0.4 is 5.32 Å².